The minimum absolute atomic E-state index is 0.0756. The summed E-state index contributed by atoms with van der Waals surface area (Å²) in [6.07, 6.45) is 5.57. The van der Waals surface area contributed by atoms with E-state index in [1.165, 1.54) is 0 Å². The topological polar surface area (TPSA) is 41.1 Å². The predicted molar refractivity (Wildman–Crippen MR) is 69.5 cm³/mol. The molecule has 16 heavy (non-hydrogen) atoms. The molecule has 0 radical (unpaired) electrons. The molecule has 0 saturated carbocycles. The van der Waals surface area contributed by atoms with Crippen LogP contribution in [-0.2, 0) is 4.79 Å². The van der Waals surface area contributed by atoms with Crippen LogP contribution >= 0.6 is 0 Å². The smallest absolute Gasteiger partial charge is 0.236 e. The molecule has 0 aromatic carbocycles. The molecule has 0 aromatic heterocycles. The van der Waals surface area contributed by atoms with Crippen molar-refractivity contribution in [3.05, 3.63) is 0 Å². The van der Waals surface area contributed by atoms with Crippen molar-refractivity contribution >= 4 is 5.91 Å². The van der Waals surface area contributed by atoms with Crippen molar-refractivity contribution in [2.45, 2.75) is 71.9 Å². The Morgan fingerprint density at radius 1 is 1.19 bits per heavy atom. The van der Waals surface area contributed by atoms with E-state index in [2.05, 4.69) is 31.4 Å². The molecule has 0 aliphatic heterocycles. The zero-order chi connectivity index (χ0) is 12.4. The second-order valence-electron chi connectivity index (χ2n) is 4.43. The fourth-order valence-electron chi connectivity index (χ4n) is 1.72. The molecule has 0 bridgehead atoms. The van der Waals surface area contributed by atoms with Crippen molar-refractivity contribution < 1.29 is 4.79 Å². The quantitative estimate of drug-likeness (QED) is 0.595. The van der Waals surface area contributed by atoms with E-state index in [0.29, 0.717) is 6.04 Å². The molecule has 2 unspecified atom stereocenters. The highest BCUT2D eigenvalue weighted by Crippen LogP contribution is 2.02. The minimum Gasteiger partial charge on any atom is -0.355 e. The molecule has 3 heteroatoms. The molecule has 96 valence electrons. The Morgan fingerprint density at radius 2 is 1.88 bits per heavy atom. The Bertz CT molecular complexity index is 183. The van der Waals surface area contributed by atoms with Crippen LogP contribution in [0.15, 0.2) is 0 Å². The summed E-state index contributed by atoms with van der Waals surface area (Å²) in [4.78, 5) is 11.7. The highest BCUT2D eigenvalue weighted by Gasteiger charge is 2.15. The van der Waals surface area contributed by atoms with E-state index in [9.17, 15) is 4.79 Å². The minimum atomic E-state index is -0.0756. The average Bonchev–Trinajstić information content (AvgIpc) is 2.28. The number of unbranched alkanes of at least 4 members (excludes halogenated alkanes) is 1. The summed E-state index contributed by atoms with van der Waals surface area (Å²) in [5.74, 6) is 0.128. The zero-order valence-electron chi connectivity index (χ0n) is 11.3. The molecule has 2 atom stereocenters. The van der Waals surface area contributed by atoms with E-state index in [4.69, 9.17) is 0 Å². The first-order chi connectivity index (χ1) is 7.65. The van der Waals surface area contributed by atoms with E-state index in [1.54, 1.807) is 0 Å². The number of hydrogen-bond acceptors (Lipinski definition) is 2. The standard InChI is InChI=1S/C13H28N2O/c1-5-8-10-14-13(16)11(4)15-12(7-3)9-6-2/h11-12,15H,5-10H2,1-4H3,(H,14,16). The molecule has 0 fully saturated rings. The van der Waals surface area contributed by atoms with Gasteiger partial charge in [-0.2, -0.15) is 0 Å². The fourth-order valence-corrected chi connectivity index (χ4v) is 1.72. The molecule has 3 nitrogen and oxygen atoms in total. The zero-order valence-corrected chi connectivity index (χ0v) is 11.3. The van der Waals surface area contributed by atoms with Crippen LogP contribution in [0.5, 0.6) is 0 Å². The highest BCUT2D eigenvalue weighted by atomic mass is 16.2. The first-order valence-electron chi connectivity index (χ1n) is 6.69. The maximum Gasteiger partial charge on any atom is 0.236 e. The SMILES string of the molecule is CCCCNC(=O)C(C)NC(CC)CCC. The van der Waals surface area contributed by atoms with Gasteiger partial charge in [-0.15, -0.1) is 0 Å². The van der Waals surface area contributed by atoms with Gasteiger partial charge in [0.2, 0.25) is 5.91 Å². The third-order valence-corrected chi connectivity index (χ3v) is 2.84. The van der Waals surface area contributed by atoms with E-state index >= 15 is 0 Å². The van der Waals surface area contributed by atoms with E-state index in [1.807, 2.05) is 6.92 Å². The molecule has 0 aliphatic rings. The molecule has 2 N–H and O–H groups in total. The van der Waals surface area contributed by atoms with Gasteiger partial charge in [0.05, 0.1) is 6.04 Å². The van der Waals surface area contributed by atoms with Crippen LogP contribution in [0.2, 0.25) is 0 Å². The van der Waals surface area contributed by atoms with E-state index < -0.39 is 0 Å². The average molecular weight is 228 g/mol. The van der Waals surface area contributed by atoms with E-state index in [-0.39, 0.29) is 11.9 Å². The largest absolute Gasteiger partial charge is 0.355 e. The Hall–Kier alpha value is -0.570. The van der Waals surface area contributed by atoms with Crippen molar-refractivity contribution in [3.63, 3.8) is 0 Å². The molecule has 0 saturated heterocycles. The van der Waals surface area contributed by atoms with Gasteiger partial charge in [0, 0.05) is 12.6 Å². The summed E-state index contributed by atoms with van der Waals surface area (Å²) in [5.41, 5.74) is 0. The van der Waals surface area contributed by atoms with Crippen molar-refractivity contribution in [2.75, 3.05) is 6.54 Å². The lowest BCUT2D eigenvalue weighted by Gasteiger charge is -2.21. The van der Waals surface area contributed by atoms with Crippen LogP contribution in [0, 0.1) is 0 Å². The summed E-state index contributed by atoms with van der Waals surface area (Å²) < 4.78 is 0. The van der Waals surface area contributed by atoms with Gasteiger partial charge >= 0.3 is 0 Å². The van der Waals surface area contributed by atoms with Crippen LogP contribution < -0.4 is 10.6 Å². The lowest BCUT2D eigenvalue weighted by molar-refractivity contribution is -0.122. The number of rotatable bonds is 9. The van der Waals surface area contributed by atoms with Crippen molar-refractivity contribution in [2.24, 2.45) is 0 Å². The monoisotopic (exact) mass is 228 g/mol. The number of carbonyl (C=O) groups is 1. The maximum absolute atomic E-state index is 11.7. The van der Waals surface area contributed by atoms with Gasteiger partial charge in [-0.1, -0.05) is 33.6 Å². The fraction of sp³-hybridized carbons (Fsp3) is 0.923. The Kier molecular flexibility index (Phi) is 9.30. The Balaban J connectivity index is 3.83. The van der Waals surface area contributed by atoms with Crippen molar-refractivity contribution in [1.29, 1.82) is 0 Å². The highest BCUT2D eigenvalue weighted by molar-refractivity contribution is 5.81. The predicted octanol–water partition coefficient (Wildman–Crippen LogP) is 2.46. The molecular weight excluding hydrogens is 200 g/mol. The molecule has 0 rings (SSSR count). The summed E-state index contributed by atoms with van der Waals surface area (Å²) in [6.45, 7) is 9.21. The molecule has 0 aliphatic carbocycles. The Morgan fingerprint density at radius 3 is 2.38 bits per heavy atom. The molecule has 0 aromatic rings. The lowest BCUT2D eigenvalue weighted by Crippen LogP contribution is -2.46. The Labute approximate surface area is 100 Å². The van der Waals surface area contributed by atoms with Crippen LogP contribution in [0.1, 0.15) is 59.8 Å². The number of amides is 1. The normalized spacial score (nSPS) is 14.5. The van der Waals surface area contributed by atoms with Crippen LogP contribution in [0.4, 0.5) is 0 Å². The molecule has 1 amide bonds. The van der Waals surface area contributed by atoms with Gasteiger partial charge in [0.1, 0.15) is 0 Å². The summed E-state index contributed by atoms with van der Waals surface area (Å²) in [5, 5.41) is 6.34. The third-order valence-electron chi connectivity index (χ3n) is 2.84. The summed E-state index contributed by atoms with van der Waals surface area (Å²) in [7, 11) is 0. The van der Waals surface area contributed by atoms with Crippen molar-refractivity contribution in [3.8, 4) is 0 Å². The second kappa shape index (κ2) is 9.64. The van der Waals surface area contributed by atoms with Crippen LogP contribution in [0.3, 0.4) is 0 Å². The van der Waals surface area contributed by atoms with Crippen molar-refractivity contribution in [1.82, 2.24) is 10.6 Å². The second-order valence-corrected chi connectivity index (χ2v) is 4.43. The van der Waals surface area contributed by atoms with Crippen LogP contribution in [-0.4, -0.2) is 24.5 Å². The lowest BCUT2D eigenvalue weighted by atomic mass is 10.1. The van der Waals surface area contributed by atoms with Gasteiger partial charge in [0.15, 0.2) is 0 Å². The van der Waals surface area contributed by atoms with Gasteiger partial charge in [-0.3, -0.25) is 4.79 Å². The van der Waals surface area contributed by atoms with E-state index in [0.717, 1.165) is 38.6 Å². The van der Waals surface area contributed by atoms with Gasteiger partial charge in [-0.05, 0) is 26.2 Å². The third kappa shape index (κ3) is 6.83. The summed E-state index contributed by atoms with van der Waals surface area (Å²) >= 11 is 0. The molecular formula is C13H28N2O. The number of hydrogen-bond donors (Lipinski definition) is 2. The summed E-state index contributed by atoms with van der Waals surface area (Å²) in [6, 6.07) is 0.394. The first kappa shape index (κ1) is 15.4. The molecule has 0 heterocycles. The number of nitrogens with one attached hydrogen (secondary N) is 2. The van der Waals surface area contributed by atoms with Gasteiger partial charge in [0.25, 0.3) is 0 Å². The van der Waals surface area contributed by atoms with Gasteiger partial charge in [-0.25, -0.2) is 0 Å². The molecule has 0 spiro atoms. The first-order valence-corrected chi connectivity index (χ1v) is 6.69. The maximum atomic E-state index is 11.7. The van der Waals surface area contributed by atoms with Gasteiger partial charge < -0.3 is 10.6 Å². The van der Waals surface area contributed by atoms with Crippen LogP contribution in [0.25, 0.3) is 0 Å². The number of carbonyl (C=O) groups excluding carboxylic acids is 1.